The standard InChI is InChI=1S/C57H33N/c1-57(2)33-6-4-3-5-21(33)22-8-7-20(17-34(22)57)58-18-31-32(19-58)36-30-16-14-28-26-12-10-24-23-9-11-25-27-13-15-29-35(31)45-46(36)51-44(30)42(28)49-40(26)38(24)47-37(23)39(25)48-41(27)43(29)50(45)55-53(48)52(47)54(49)56(51)55/h3-17,25,27,29,31-32,39,41,43H,18-19H2,1-2H3. The summed E-state index contributed by atoms with van der Waals surface area (Å²) in [5.41, 5.74) is 17.8. The summed E-state index contributed by atoms with van der Waals surface area (Å²) in [6.07, 6.45) is 10.9. The number of anilines is 1. The first kappa shape index (κ1) is 26.9. The molecule has 8 atom stereocenters. The molecule has 20 rings (SSSR count). The van der Waals surface area contributed by atoms with Crippen LogP contribution in [-0.4, -0.2) is 13.1 Å². The molecule has 1 saturated carbocycles. The minimum absolute atomic E-state index is 0.00439. The lowest BCUT2D eigenvalue weighted by Gasteiger charge is -2.39. The molecule has 8 aliphatic carbocycles. The lowest BCUT2D eigenvalue weighted by Crippen LogP contribution is -2.33. The fourth-order valence-electron chi connectivity index (χ4n) is 18.0. The van der Waals surface area contributed by atoms with Crippen LogP contribution in [0, 0.1) is 29.6 Å². The third kappa shape index (κ3) is 2.13. The van der Waals surface area contributed by atoms with E-state index >= 15 is 0 Å². The van der Waals surface area contributed by atoms with Crippen molar-refractivity contribution < 1.29 is 0 Å². The van der Waals surface area contributed by atoms with Crippen LogP contribution in [0.1, 0.15) is 65.0 Å². The molecular weight excluding hydrogens is 699 g/mol. The highest BCUT2D eigenvalue weighted by atomic mass is 15.2. The highest BCUT2D eigenvalue weighted by Crippen LogP contribution is 2.72. The van der Waals surface area contributed by atoms with E-state index in [-0.39, 0.29) is 5.41 Å². The Kier molecular flexibility index (Phi) is 3.46. The van der Waals surface area contributed by atoms with Crippen molar-refractivity contribution in [1.29, 1.82) is 0 Å². The van der Waals surface area contributed by atoms with Crippen molar-refractivity contribution >= 4 is 109 Å². The van der Waals surface area contributed by atoms with Gasteiger partial charge in [-0.25, -0.2) is 0 Å². The third-order valence-corrected chi connectivity index (χ3v) is 19.5. The van der Waals surface area contributed by atoms with Crippen LogP contribution in [0.5, 0.6) is 0 Å². The zero-order chi connectivity index (χ0) is 36.5. The molecule has 8 unspecified atom stereocenters. The van der Waals surface area contributed by atoms with Gasteiger partial charge in [-0.2, -0.15) is 0 Å². The normalized spacial score (nSPS) is 30.3. The summed E-state index contributed by atoms with van der Waals surface area (Å²) in [4.78, 5) is 2.83. The fraction of sp³-hybridized carbons (Fsp3) is 0.228. The Hall–Kier alpha value is -5.92. The summed E-state index contributed by atoms with van der Waals surface area (Å²) in [7, 11) is 0. The van der Waals surface area contributed by atoms with Gasteiger partial charge in [0, 0.05) is 53.8 Å². The second-order valence-electron chi connectivity index (χ2n) is 21.1. The molecule has 0 amide bonds. The van der Waals surface area contributed by atoms with Crippen molar-refractivity contribution in [1.82, 2.24) is 0 Å². The smallest absolute Gasteiger partial charge is 0.0370 e. The second-order valence-corrected chi connectivity index (χ2v) is 21.1. The summed E-state index contributed by atoms with van der Waals surface area (Å²) < 4.78 is 0. The molecule has 266 valence electrons. The van der Waals surface area contributed by atoms with E-state index in [0.717, 1.165) is 13.1 Å². The van der Waals surface area contributed by atoms with Gasteiger partial charge in [-0.05, 0) is 182 Å². The fourth-order valence-corrected chi connectivity index (χ4v) is 18.0. The van der Waals surface area contributed by atoms with Crippen LogP contribution in [0.2, 0.25) is 0 Å². The van der Waals surface area contributed by atoms with Crippen LogP contribution in [0.25, 0.3) is 115 Å². The molecule has 0 radical (unpaired) electrons. The van der Waals surface area contributed by atoms with Gasteiger partial charge >= 0.3 is 0 Å². The number of rotatable bonds is 1. The van der Waals surface area contributed by atoms with Gasteiger partial charge in [0.05, 0.1) is 0 Å². The van der Waals surface area contributed by atoms with Gasteiger partial charge in [-0.15, -0.1) is 0 Å². The molecule has 0 aromatic heterocycles. The largest absolute Gasteiger partial charge is 0.370 e. The van der Waals surface area contributed by atoms with Crippen LogP contribution in [-0.2, 0) is 5.41 Å². The van der Waals surface area contributed by atoms with Gasteiger partial charge in [-0.3, -0.25) is 0 Å². The minimum atomic E-state index is 0.00439. The highest BCUT2D eigenvalue weighted by Gasteiger charge is 2.61. The maximum atomic E-state index is 2.83. The Balaban J connectivity index is 0.972. The van der Waals surface area contributed by atoms with Crippen LogP contribution in [0.4, 0.5) is 5.69 Å². The molecule has 0 bridgehead atoms. The molecule has 1 nitrogen and oxygen atoms in total. The summed E-state index contributed by atoms with van der Waals surface area (Å²) in [5, 5.41) is 29.4. The first-order chi connectivity index (χ1) is 28.6. The number of nitrogens with zero attached hydrogens (tertiary/aromatic N) is 1. The van der Waals surface area contributed by atoms with E-state index in [1.54, 1.807) is 103 Å². The molecule has 1 aliphatic heterocycles. The third-order valence-electron chi connectivity index (χ3n) is 19.5. The van der Waals surface area contributed by atoms with E-state index in [2.05, 4.69) is 110 Å². The molecular formula is C57H33N. The van der Waals surface area contributed by atoms with E-state index in [9.17, 15) is 0 Å². The zero-order valence-corrected chi connectivity index (χ0v) is 32.1. The Bertz CT molecular complexity index is 4170. The van der Waals surface area contributed by atoms with Crippen LogP contribution < -0.4 is 15.3 Å². The molecule has 1 saturated heterocycles. The van der Waals surface area contributed by atoms with Crippen molar-refractivity contribution in [3.63, 3.8) is 0 Å². The lowest BCUT2D eigenvalue weighted by atomic mass is 9.64. The van der Waals surface area contributed by atoms with Gasteiger partial charge in [0.2, 0.25) is 0 Å². The maximum Gasteiger partial charge on any atom is 0.0370 e. The lowest BCUT2D eigenvalue weighted by molar-refractivity contribution is 0.341. The minimum Gasteiger partial charge on any atom is -0.370 e. The maximum absolute atomic E-state index is 2.83. The van der Waals surface area contributed by atoms with Crippen LogP contribution >= 0.6 is 0 Å². The van der Waals surface area contributed by atoms with Gasteiger partial charge < -0.3 is 4.90 Å². The first-order valence-electron chi connectivity index (χ1n) is 22.3. The monoisotopic (exact) mass is 731 g/mol. The SMILES string of the molecule is CC1(C)c2ccccc2-c2ccc(N3CC4C5=c6c7c8c9c%10c%11c%12c(c%13ccc%14c%15ccc%16c(c6c6c%16c%15c(c%14c%13%11)c%10c86)C4C3)C=CC3C%12C=9C4C3C=CC5C74)cc21. The summed E-state index contributed by atoms with van der Waals surface area (Å²) in [6.45, 7) is 7.10. The van der Waals surface area contributed by atoms with Crippen LogP contribution in [0.15, 0.2) is 85.0 Å². The Morgan fingerprint density at radius 1 is 0.517 bits per heavy atom. The molecule has 0 spiro atoms. The molecule has 11 aromatic carbocycles. The number of hydrogen-bond acceptors (Lipinski definition) is 1. The number of allylic oxidation sites excluding steroid dienone is 3. The molecule has 0 N–H and O–H groups in total. The summed E-state index contributed by atoms with van der Waals surface area (Å²) in [6, 6.07) is 26.9. The number of hydrogen-bond donors (Lipinski definition) is 0. The van der Waals surface area contributed by atoms with Gasteiger partial charge in [-0.1, -0.05) is 92.7 Å². The Morgan fingerprint density at radius 3 is 2.16 bits per heavy atom. The van der Waals surface area contributed by atoms with Gasteiger partial charge in [0.15, 0.2) is 0 Å². The predicted molar refractivity (Wildman–Crippen MR) is 240 cm³/mol. The average Bonchev–Trinajstić information content (AvgIpc) is 4.12. The van der Waals surface area contributed by atoms with E-state index in [0.29, 0.717) is 47.3 Å². The molecule has 11 aromatic rings. The van der Waals surface area contributed by atoms with Gasteiger partial charge in [0.1, 0.15) is 0 Å². The van der Waals surface area contributed by atoms with E-state index in [1.165, 1.54) is 44.1 Å². The number of benzene rings is 7. The molecule has 2 fully saturated rings. The zero-order valence-electron chi connectivity index (χ0n) is 32.1. The van der Waals surface area contributed by atoms with E-state index in [4.69, 9.17) is 0 Å². The van der Waals surface area contributed by atoms with Crippen molar-refractivity contribution in [2.45, 2.75) is 37.0 Å². The molecule has 1 heteroatoms. The van der Waals surface area contributed by atoms with Crippen molar-refractivity contribution in [3.8, 4) is 11.1 Å². The first-order valence-corrected chi connectivity index (χ1v) is 22.3. The quantitative estimate of drug-likeness (QED) is 0.120. The average molecular weight is 732 g/mol. The highest BCUT2D eigenvalue weighted by molar-refractivity contribution is 6.57. The van der Waals surface area contributed by atoms with Crippen molar-refractivity contribution in [2.75, 3.05) is 18.0 Å². The Morgan fingerprint density at radius 2 is 1.24 bits per heavy atom. The van der Waals surface area contributed by atoms with E-state index < -0.39 is 0 Å². The number of fused-ring (bicyclic) bond motifs is 11. The summed E-state index contributed by atoms with van der Waals surface area (Å²) >= 11 is 0. The molecule has 1 heterocycles. The van der Waals surface area contributed by atoms with Crippen molar-refractivity contribution in [2.24, 2.45) is 29.6 Å². The Labute approximate surface area is 332 Å². The van der Waals surface area contributed by atoms with Crippen molar-refractivity contribution in [3.05, 3.63) is 129 Å². The molecule has 58 heavy (non-hydrogen) atoms. The topological polar surface area (TPSA) is 3.24 Å². The predicted octanol–water partition coefficient (Wildman–Crippen LogP) is 11.7. The molecule has 9 aliphatic rings. The van der Waals surface area contributed by atoms with Crippen LogP contribution in [0.3, 0.4) is 0 Å². The summed E-state index contributed by atoms with van der Waals surface area (Å²) in [5.74, 6) is 4.41. The van der Waals surface area contributed by atoms with E-state index in [1.807, 2.05) is 11.1 Å². The van der Waals surface area contributed by atoms with Gasteiger partial charge in [0.25, 0.3) is 0 Å². The second kappa shape index (κ2) is 7.46.